The third-order valence-electron chi connectivity index (χ3n) is 3.05. The van der Waals surface area contributed by atoms with Crippen molar-refractivity contribution in [1.82, 2.24) is 4.90 Å². The molecule has 116 valence electrons. The number of carboxylic acid groups (broad SMARTS) is 1. The lowest BCUT2D eigenvalue weighted by Gasteiger charge is -2.32. The van der Waals surface area contributed by atoms with E-state index in [0.29, 0.717) is 13.1 Å². The Labute approximate surface area is 123 Å². The first-order valence-electron chi connectivity index (χ1n) is 6.27. The van der Waals surface area contributed by atoms with Gasteiger partial charge in [0.25, 0.3) is 0 Å². The molecule has 0 radical (unpaired) electrons. The molecule has 1 aliphatic rings. The van der Waals surface area contributed by atoms with Gasteiger partial charge in [0.15, 0.2) is 0 Å². The highest BCUT2D eigenvalue weighted by Crippen LogP contribution is 2.29. The van der Waals surface area contributed by atoms with E-state index in [2.05, 4.69) is 4.74 Å². The summed E-state index contributed by atoms with van der Waals surface area (Å²) in [5.41, 5.74) is 0.288. The zero-order chi connectivity index (χ0) is 15.5. The Morgan fingerprint density at radius 2 is 2.00 bits per heavy atom. The van der Waals surface area contributed by atoms with Crippen LogP contribution in [-0.4, -0.2) is 46.9 Å². The molecule has 2 rings (SSSR count). The summed E-state index contributed by atoms with van der Waals surface area (Å²) in [4.78, 5) is 13.2. The molecule has 21 heavy (non-hydrogen) atoms. The van der Waals surface area contributed by atoms with Crippen molar-refractivity contribution in [2.45, 2.75) is 12.4 Å². The number of halogens is 3. The first kappa shape index (κ1) is 16.0. The third kappa shape index (κ3) is 4.53. The number of ether oxygens (including phenoxy) is 1. The number of aliphatic carboxylic acids is 1. The van der Waals surface area contributed by atoms with E-state index in [9.17, 15) is 23.1 Å². The Balaban J connectivity index is 2.23. The molecule has 1 fully saturated rings. The van der Waals surface area contributed by atoms with E-state index >= 15 is 0 Å². The van der Waals surface area contributed by atoms with Crippen LogP contribution in [0.1, 0.15) is 11.6 Å². The van der Waals surface area contributed by atoms with E-state index in [1.165, 1.54) is 12.1 Å². The summed E-state index contributed by atoms with van der Waals surface area (Å²) in [5.74, 6) is 0.133. The highest BCUT2D eigenvalue weighted by Gasteiger charge is 2.33. The molecule has 1 atom stereocenters. The fourth-order valence-electron chi connectivity index (χ4n) is 2.23. The number of benzene rings is 1. The van der Waals surface area contributed by atoms with Gasteiger partial charge < -0.3 is 9.84 Å². The highest BCUT2D eigenvalue weighted by atomic mass is 32.2. The van der Waals surface area contributed by atoms with Crippen molar-refractivity contribution in [2.75, 3.05) is 24.6 Å². The van der Waals surface area contributed by atoms with E-state index in [4.69, 9.17) is 0 Å². The van der Waals surface area contributed by atoms with Crippen LogP contribution in [0.15, 0.2) is 24.3 Å². The van der Waals surface area contributed by atoms with Crippen LogP contribution in [0.4, 0.5) is 13.2 Å². The molecule has 1 unspecified atom stereocenters. The van der Waals surface area contributed by atoms with Gasteiger partial charge in [-0.25, -0.2) is 0 Å². The Morgan fingerprint density at radius 3 is 2.57 bits per heavy atom. The standard InChI is InChI=1S/C13H14F3NO3S/c14-13(15,16)20-10-3-1-2-9(8-10)11(12(18)19)17-4-6-21-7-5-17/h1-3,8,11H,4-7H2,(H,18,19). The summed E-state index contributed by atoms with van der Waals surface area (Å²) in [6.45, 7) is 1.18. The number of carboxylic acids is 1. The van der Waals surface area contributed by atoms with Crippen molar-refractivity contribution in [3.05, 3.63) is 29.8 Å². The van der Waals surface area contributed by atoms with Crippen molar-refractivity contribution in [1.29, 1.82) is 0 Å². The molecule has 0 aliphatic carbocycles. The Morgan fingerprint density at radius 1 is 1.33 bits per heavy atom. The predicted octanol–water partition coefficient (Wildman–Crippen LogP) is 2.76. The van der Waals surface area contributed by atoms with Crippen LogP contribution in [0.5, 0.6) is 5.75 Å². The van der Waals surface area contributed by atoms with Crippen molar-refractivity contribution in [3.63, 3.8) is 0 Å². The summed E-state index contributed by atoms with van der Waals surface area (Å²) in [5, 5.41) is 9.39. The molecule has 0 saturated carbocycles. The predicted molar refractivity (Wildman–Crippen MR) is 72.4 cm³/mol. The third-order valence-corrected chi connectivity index (χ3v) is 3.99. The second kappa shape index (κ2) is 6.57. The van der Waals surface area contributed by atoms with Crippen LogP contribution in [0, 0.1) is 0 Å². The Hall–Kier alpha value is -1.41. The molecule has 8 heteroatoms. The lowest BCUT2D eigenvalue weighted by molar-refractivity contribution is -0.274. The van der Waals surface area contributed by atoms with E-state index in [-0.39, 0.29) is 5.56 Å². The minimum Gasteiger partial charge on any atom is -0.480 e. The highest BCUT2D eigenvalue weighted by molar-refractivity contribution is 7.99. The Kier molecular flexibility index (Phi) is 5.00. The molecule has 0 bridgehead atoms. The fraction of sp³-hybridized carbons (Fsp3) is 0.462. The van der Waals surface area contributed by atoms with Crippen LogP contribution >= 0.6 is 11.8 Å². The lowest BCUT2D eigenvalue weighted by Crippen LogP contribution is -2.39. The van der Waals surface area contributed by atoms with E-state index < -0.39 is 24.1 Å². The topological polar surface area (TPSA) is 49.8 Å². The molecule has 1 aliphatic heterocycles. The first-order chi connectivity index (χ1) is 9.87. The number of hydrogen-bond donors (Lipinski definition) is 1. The summed E-state index contributed by atoms with van der Waals surface area (Å²) in [7, 11) is 0. The summed E-state index contributed by atoms with van der Waals surface area (Å²) < 4.78 is 40.6. The zero-order valence-electron chi connectivity index (χ0n) is 11.0. The number of rotatable bonds is 4. The number of nitrogens with zero attached hydrogens (tertiary/aromatic N) is 1. The summed E-state index contributed by atoms with van der Waals surface area (Å²) in [6.07, 6.45) is -4.79. The lowest BCUT2D eigenvalue weighted by atomic mass is 10.0. The van der Waals surface area contributed by atoms with Gasteiger partial charge in [-0.15, -0.1) is 13.2 Å². The number of hydrogen-bond acceptors (Lipinski definition) is 4. The second-order valence-corrected chi connectivity index (χ2v) is 5.73. The molecule has 1 saturated heterocycles. The number of alkyl halides is 3. The van der Waals surface area contributed by atoms with Crippen LogP contribution in [0.3, 0.4) is 0 Å². The minimum absolute atomic E-state index is 0.288. The maximum absolute atomic E-state index is 12.2. The van der Waals surface area contributed by atoms with Gasteiger partial charge in [-0.3, -0.25) is 9.69 Å². The molecule has 1 N–H and O–H groups in total. The maximum Gasteiger partial charge on any atom is 0.573 e. The van der Waals surface area contributed by atoms with Crippen LogP contribution < -0.4 is 4.74 Å². The summed E-state index contributed by atoms with van der Waals surface area (Å²) >= 11 is 1.73. The molecular weight excluding hydrogens is 307 g/mol. The molecule has 1 aromatic rings. The summed E-state index contributed by atoms with van der Waals surface area (Å²) in [6, 6.07) is 4.20. The van der Waals surface area contributed by atoms with Gasteiger partial charge in [0.1, 0.15) is 11.8 Å². The van der Waals surface area contributed by atoms with E-state index in [1.807, 2.05) is 0 Å². The molecule has 0 aromatic heterocycles. The molecule has 0 spiro atoms. The van der Waals surface area contributed by atoms with Gasteiger partial charge in [0.05, 0.1) is 0 Å². The smallest absolute Gasteiger partial charge is 0.480 e. The average molecular weight is 321 g/mol. The first-order valence-corrected chi connectivity index (χ1v) is 7.42. The van der Waals surface area contributed by atoms with Gasteiger partial charge in [-0.1, -0.05) is 12.1 Å². The van der Waals surface area contributed by atoms with Crippen LogP contribution in [-0.2, 0) is 4.79 Å². The largest absolute Gasteiger partial charge is 0.573 e. The van der Waals surface area contributed by atoms with Gasteiger partial charge >= 0.3 is 12.3 Å². The quantitative estimate of drug-likeness (QED) is 0.924. The van der Waals surface area contributed by atoms with Gasteiger partial charge in [0, 0.05) is 24.6 Å². The fourth-order valence-corrected chi connectivity index (χ4v) is 3.16. The molecule has 4 nitrogen and oxygen atoms in total. The second-order valence-electron chi connectivity index (χ2n) is 4.51. The van der Waals surface area contributed by atoms with Crippen molar-refractivity contribution < 1.29 is 27.8 Å². The monoisotopic (exact) mass is 321 g/mol. The van der Waals surface area contributed by atoms with Crippen LogP contribution in [0.2, 0.25) is 0 Å². The van der Waals surface area contributed by atoms with E-state index in [0.717, 1.165) is 23.6 Å². The van der Waals surface area contributed by atoms with Crippen molar-refractivity contribution >= 4 is 17.7 Å². The molecule has 1 heterocycles. The minimum atomic E-state index is -4.79. The van der Waals surface area contributed by atoms with Crippen LogP contribution in [0.25, 0.3) is 0 Å². The molecule has 1 aromatic carbocycles. The van der Waals surface area contributed by atoms with E-state index in [1.54, 1.807) is 16.7 Å². The molecule has 0 amide bonds. The normalized spacial score (nSPS) is 18.2. The number of carbonyl (C=O) groups is 1. The molecular formula is C13H14F3NO3S. The van der Waals surface area contributed by atoms with Gasteiger partial charge in [0.2, 0.25) is 0 Å². The van der Waals surface area contributed by atoms with Crippen molar-refractivity contribution in [2.24, 2.45) is 0 Å². The Bertz CT molecular complexity index is 504. The van der Waals surface area contributed by atoms with Gasteiger partial charge in [-0.2, -0.15) is 11.8 Å². The SMILES string of the molecule is O=C(O)C(c1cccc(OC(F)(F)F)c1)N1CCSCC1. The maximum atomic E-state index is 12.2. The van der Waals surface area contributed by atoms with Gasteiger partial charge in [-0.05, 0) is 17.7 Å². The average Bonchev–Trinajstić information content (AvgIpc) is 2.38. The van der Waals surface area contributed by atoms with Crippen molar-refractivity contribution in [3.8, 4) is 5.75 Å². The number of thioether (sulfide) groups is 1. The zero-order valence-corrected chi connectivity index (χ0v) is 11.8.